The Labute approximate surface area is 108 Å². The minimum atomic E-state index is -0.724. The van der Waals surface area contributed by atoms with E-state index in [2.05, 4.69) is 5.32 Å². The summed E-state index contributed by atoms with van der Waals surface area (Å²) >= 11 is 0. The molecule has 2 aliphatic heterocycles. The molecule has 0 bridgehead atoms. The normalized spacial score (nSPS) is 33.9. The van der Waals surface area contributed by atoms with Gasteiger partial charge in [0.15, 0.2) is 0 Å². The van der Waals surface area contributed by atoms with Gasteiger partial charge in [0.05, 0.1) is 6.10 Å². The predicted molar refractivity (Wildman–Crippen MR) is 68.3 cm³/mol. The molecule has 0 spiro atoms. The maximum Gasteiger partial charge on any atom is 0.219 e. The average Bonchev–Trinajstić information content (AvgIpc) is 2.68. The number of ether oxygens (including phenoxy) is 1. The van der Waals surface area contributed by atoms with Crippen molar-refractivity contribution in [1.82, 2.24) is 10.2 Å². The molecule has 0 aliphatic carbocycles. The van der Waals surface area contributed by atoms with Gasteiger partial charge in [0, 0.05) is 45.6 Å². The number of piperidine rings is 1. The highest BCUT2D eigenvalue weighted by Gasteiger charge is 2.39. The number of rotatable bonds is 3. The third kappa shape index (κ3) is 3.02. The van der Waals surface area contributed by atoms with E-state index in [1.54, 1.807) is 6.92 Å². The van der Waals surface area contributed by atoms with Crippen molar-refractivity contribution in [2.75, 3.05) is 26.2 Å². The topological polar surface area (TPSA) is 61.8 Å². The predicted octanol–water partition coefficient (Wildman–Crippen LogP) is 0.127. The minimum absolute atomic E-state index is 0.0951. The highest BCUT2D eigenvalue weighted by atomic mass is 16.5. The first-order valence-corrected chi connectivity index (χ1v) is 6.84. The molecule has 5 heteroatoms. The Bertz CT molecular complexity index is 303. The zero-order chi connectivity index (χ0) is 13.2. The highest BCUT2D eigenvalue weighted by Crippen LogP contribution is 2.25. The molecule has 0 saturated carbocycles. The highest BCUT2D eigenvalue weighted by molar-refractivity contribution is 5.73. The minimum Gasteiger partial charge on any atom is -0.386 e. The number of carbonyl (C=O) groups is 1. The standard InChI is InChI=1S/C13H24N2O3/c1-10-13(17,5-8-18-10)9-14-12-3-6-15(7-4-12)11(2)16/h10,12,14,17H,3-9H2,1-2H3. The van der Waals surface area contributed by atoms with E-state index in [0.717, 1.165) is 25.9 Å². The van der Waals surface area contributed by atoms with Crippen LogP contribution in [0.25, 0.3) is 0 Å². The third-order valence-corrected chi connectivity index (χ3v) is 4.30. The van der Waals surface area contributed by atoms with Gasteiger partial charge < -0.3 is 20.1 Å². The molecule has 2 saturated heterocycles. The number of nitrogens with one attached hydrogen (secondary N) is 1. The van der Waals surface area contributed by atoms with Crippen molar-refractivity contribution in [3.8, 4) is 0 Å². The molecule has 2 atom stereocenters. The van der Waals surface area contributed by atoms with Crippen molar-refractivity contribution in [3.05, 3.63) is 0 Å². The molecule has 0 aromatic heterocycles. The molecular formula is C13H24N2O3. The molecule has 2 unspecified atom stereocenters. The number of hydrogen-bond donors (Lipinski definition) is 2. The lowest BCUT2D eigenvalue weighted by Gasteiger charge is -2.34. The third-order valence-electron chi connectivity index (χ3n) is 4.30. The second-order valence-corrected chi connectivity index (χ2v) is 5.53. The van der Waals surface area contributed by atoms with Gasteiger partial charge in [0.1, 0.15) is 5.60 Å². The van der Waals surface area contributed by atoms with Crippen LogP contribution in [0.2, 0.25) is 0 Å². The van der Waals surface area contributed by atoms with E-state index in [1.165, 1.54) is 0 Å². The number of carbonyl (C=O) groups excluding carboxylic acids is 1. The number of likely N-dealkylation sites (tertiary alicyclic amines) is 1. The Morgan fingerprint density at radius 2 is 2.17 bits per heavy atom. The first-order valence-electron chi connectivity index (χ1n) is 6.84. The summed E-state index contributed by atoms with van der Waals surface area (Å²) in [5.74, 6) is 0.157. The SMILES string of the molecule is CC(=O)N1CCC(NCC2(O)CCOC2C)CC1. The van der Waals surface area contributed by atoms with Gasteiger partial charge in [-0.05, 0) is 19.8 Å². The summed E-state index contributed by atoms with van der Waals surface area (Å²) in [7, 11) is 0. The lowest BCUT2D eigenvalue weighted by atomic mass is 9.95. The Morgan fingerprint density at radius 1 is 1.50 bits per heavy atom. The largest absolute Gasteiger partial charge is 0.386 e. The summed E-state index contributed by atoms with van der Waals surface area (Å²) in [6.45, 7) is 6.40. The summed E-state index contributed by atoms with van der Waals surface area (Å²) in [4.78, 5) is 13.1. The Morgan fingerprint density at radius 3 is 2.67 bits per heavy atom. The molecule has 2 aliphatic rings. The van der Waals surface area contributed by atoms with E-state index in [9.17, 15) is 9.90 Å². The van der Waals surface area contributed by atoms with E-state index < -0.39 is 5.60 Å². The second-order valence-electron chi connectivity index (χ2n) is 5.53. The van der Waals surface area contributed by atoms with Gasteiger partial charge in [-0.3, -0.25) is 4.79 Å². The van der Waals surface area contributed by atoms with Gasteiger partial charge in [-0.1, -0.05) is 0 Å². The zero-order valence-corrected chi connectivity index (χ0v) is 11.3. The van der Waals surface area contributed by atoms with E-state index in [4.69, 9.17) is 4.74 Å². The van der Waals surface area contributed by atoms with Crippen molar-refractivity contribution in [2.45, 2.75) is 50.9 Å². The molecule has 0 aromatic rings. The van der Waals surface area contributed by atoms with Gasteiger partial charge in [-0.15, -0.1) is 0 Å². The summed E-state index contributed by atoms with van der Waals surface area (Å²) in [6, 6.07) is 0.400. The van der Waals surface area contributed by atoms with Crippen molar-refractivity contribution in [2.24, 2.45) is 0 Å². The molecule has 104 valence electrons. The van der Waals surface area contributed by atoms with Crippen LogP contribution in [0.3, 0.4) is 0 Å². The molecule has 0 radical (unpaired) electrons. The molecule has 1 amide bonds. The van der Waals surface area contributed by atoms with E-state index in [0.29, 0.717) is 25.6 Å². The number of hydrogen-bond acceptors (Lipinski definition) is 4. The quantitative estimate of drug-likeness (QED) is 0.753. The van der Waals surface area contributed by atoms with Crippen molar-refractivity contribution >= 4 is 5.91 Å². The lowest BCUT2D eigenvalue weighted by Crippen LogP contribution is -2.51. The van der Waals surface area contributed by atoms with Crippen molar-refractivity contribution in [3.63, 3.8) is 0 Å². The van der Waals surface area contributed by atoms with Gasteiger partial charge in [-0.2, -0.15) is 0 Å². The summed E-state index contributed by atoms with van der Waals surface area (Å²) in [6.07, 6.45) is 2.53. The molecule has 2 heterocycles. The number of amides is 1. The van der Waals surface area contributed by atoms with Crippen LogP contribution in [0.5, 0.6) is 0 Å². The van der Waals surface area contributed by atoms with E-state index in [1.807, 2.05) is 11.8 Å². The molecule has 2 N–H and O–H groups in total. The Hall–Kier alpha value is -0.650. The van der Waals surface area contributed by atoms with Crippen molar-refractivity contribution < 1.29 is 14.6 Å². The molecule has 5 nitrogen and oxygen atoms in total. The fourth-order valence-electron chi connectivity index (χ4n) is 2.72. The second kappa shape index (κ2) is 5.55. The summed E-state index contributed by atoms with van der Waals surface area (Å²) in [5.41, 5.74) is -0.724. The zero-order valence-electron chi connectivity index (χ0n) is 11.3. The summed E-state index contributed by atoms with van der Waals surface area (Å²) < 4.78 is 5.41. The van der Waals surface area contributed by atoms with Gasteiger partial charge >= 0.3 is 0 Å². The molecule has 18 heavy (non-hydrogen) atoms. The molecular weight excluding hydrogens is 232 g/mol. The maximum atomic E-state index is 11.2. The first kappa shape index (κ1) is 13.8. The van der Waals surface area contributed by atoms with Crippen LogP contribution < -0.4 is 5.32 Å². The Kier molecular flexibility index (Phi) is 4.25. The molecule has 2 rings (SSSR count). The van der Waals surface area contributed by atoms with Crippen LogP contribution in [-0.4, -0.2) is 59.9 Å². The van der Waals surface area contributed by atoms with Crippen LogP contribution in [0, 0.1) is 0 Å². The maximum absolute atomic E-state index is 11.2. The van der Waals surface area contributed by atoms with Crippen molar-refractivity contribution in [1.29, 1.82) is 0 Å². The Balaban J connectivity index is 1.74. The van der Waals surface area contributed by atoms with Crippen LogP contribution >= 0.6 is 0 Å². The van der Waals surface area contributed by atoms with Crippen LogP contribution in [0.1, 0.15) is 33.1 Å². The van der Waals surface area contributed by atoms with Crippen LogP contribution in [0.4, 0.5) is 0 Å². The lowest BCUT2D eigenvalue weighted by molar-refractivity contribution is -0.130. The number of aliphatic hydroxyl groups is 1. The fraction of sp³-hybridized carbons (Fsp3) is 0.923. The fourth-order valence-corrected chi connectivity index (χ4v) is 2.72. The van der Waals surface area contributed by atoms with Crippen LogP contribution in [0.15, 0.2) is 0 Å². The monoisotopic (exact) mass is 256 g/mol. The van der Waals surface area contributed by atoms with Gasteiger partial charge in [-0.25, -0.2) is 0 Å². The van der Waals surface area contributed by atoms with E-state index in [-0.39, 0.29) is 12.0 Å². The van der Waals surface area contributed by atoms with Gasteiger partial charge in [0.2, 0.25) is 5.91 Å². The average molecular weight is 256 g/mol. The molecule has 2 fully saturated rings. The van der Waals surface area contributed by atoms with Crippen LogP contribution in [-0.2, 0) is 9.53 Å². The number of nitrogens with zero attached hydrogens (tertiary/aromatic N) is 1. The van der Waals surface area contributed by atoms with Gasteiger partial charge in [0.25, 0.3) is 0 Å². The van der Waals surface area contributed by atoms with E-state index >= 15 is 0 Å². The smallest absolute Gasteiger partial charge is 0.219 e. The molecule has 0 aromatic carbocycles. The first-order chi connectivity index (χ1) is 8.51. The summed E-state index contributed by atoms with van der Waals surface area (Å²) in [5, 5.41) is 13.8.